The van der Waals surface area contributed by atoms with Crippen LogP contribution in [0.25, 0.3) is 6.08 Å². The zero-order chi connectivity index (χ0) is 26.0. The van der Waals surface area contributed by atoms with E-state index in [4.69, 9.17) is 68.1 Å². The van der Waals surface area contributed by atoms with Gasteiger partial charge in [0.2, 0.25) is 0 Å². The zero-order valence-electron chi connectivity index (χ0n) is 18.5. The fourth-order valence-corrected chi connectivity index (χ4v) is 4.37. The van der Waals surface area contributed by atoms with Crippen molar-refractivity contribution < 1.29 is 19.1 Å². The van der Waals surface area contributed by atoms with Gasteiger partial charge in [-0.05, 0) is 65.8 Å². The molecular weight excluding hydrogens is 566 g/mol. The maximum atomic E-state index is 13.3. The summed E-state index contributed by atoms with van der Waals surface area (Å²) in [5.74, 6) is -0.429. The molecule has 3 aromatic rings. The van der Waals surface area contributed by atoms with Gasteiger partial charge < -0.3 is 9.47 Å². The van der Waals surface area contributed by atoms with E-state index in [-0.39, 0.29) is 33.0 Å². The molecule has 0 spiro atoms. The van der Waals surface area contributed by atoms with Crippen molar-refractivity contribution in [2.45, 2.75) is 6.61 Å². The molecule has 0 aromatic heterocycles. The summed E-state index contributed by atoms with van der Waals surface area (Å²) in [6, 6.07) is 15.0. The Bertz CT molecular complexity index is 1430. The number of rotatable bonds is 6. The summed E-state index contributed by atoms with van der Waals surface area (Å²) in [5, 5.41) is 3.67. The number of carbonyl (C=O) groups is 2. The topological polar surface area (TPSA) is 67.9 Å². The lowest BCUT2D eigenvalue weighted by molar-refractivity contribution is -0.122. The van der Waals surface area contributed by atoms with E-state index < -0.39 is 11.8 Å². The first-order valence-corrected chi connectivity index (χ1v) is 12.2. The smallest absolute Gasteiger partial charge is 0.270 e. The fourth-order valence-electron chi connectivity index (χ4n) is 3.39. The number of halogens is 4. The van der Waals surface area contributed by atoms with Crippen LogP contribution in [0, 0.1) is 0 Å². The molecule has 4 rings (SSSR count). The number of anilines is 1. The van der Waals surface area contributed by atoms with Gasteiger partial charge in [-0.2, -0.15) is 0 Å². The summed E-state index contributed by atoms with van der Waals surface area (Å²) < 4.78 is 11.3. The summed E-state index contributed by atoms with van der Waals surface area (Å²) in [6.07, 6.45) is 1.43. The highest BCUT2D eigenvalue weighted by molar-refractivity contribution is 7.80. The quantitative estimate of drug-likeness (QED) is 0.199. The molecule has 184 valence electrons. The highest BCUT2D eigenvalue weighted by atomic mass is 35.5. The second-order valence-corrected chi connectivity index (χ2v) is 9.46. The van der Waals surface area contributed by atoms with Crippen LogP contribution in [0.4, 0.5) is 5.69 Å². The van der Waals surface area contributed by atoms with Crippen LogP contribution < -0.4 is 19.7 Å². The standard InChI is InChI=1S/C25H16Cl4N2O4S/c1-34-21-11-13(6-8-20(21)35-12-14-5-7-16(26)18(28)10-14)9-15-23(32)30-25(36)31(24(15)33)19-4-2-3-17(27)22(19)29/h2-11H,12H2,1H3,(H,30,32,36)/b15-9+. The number of thiocarbonyl (C=S) groups is 1. The van der Waals surface area contributed by atoms with Crippen LogP contribution in [0.2, 0.25) is 20.1 Å². The molecule has 1 saturated heterocycles. The molecule has 1 aliphatic heterocycles. The van der Waals surface area contributed by atoms with Gasteiger partial charge >= 0.3 is 0 Å². The minimum absolute atomic E-state index is 0.102. The van der Waals surface area contributed by atoms with E-state index in [2.05, 4.69) is 5.32 Å². The van der Waals surface area contributed by atoms with Crippen LogP contribution >= 0.6 is 58.6 Å². The average molecular weight is 582 g/mol. The van der Waals surface area contributed by atoms with Gasteiger partial charge in [-0.3, -0.25) is 19.8 Å². The largest absolute Gasteiger partial charge is 0.493 e. The van der Waals surface area contributed by atoms with E-state index in [0.29, 0.717) is 27.1 Å². The van der Waals surface area contributed by atoms with Gasteiger partial charge in [0, 0.05) is 0 Å². The highest BCUT2D eigenvalue weighted by Gasteiger charge is 2.35. The lowest BCUT2D eigenvalue weighted by Gasteiger charge is -2.29. The van der Waals surface area contributed by atoms with Gasteiger partial charge in [0.05, 0.1) is 32.9 Å². The van der Waals surface area contributed by atoms with Crippen LogP contribution in [0.15, 0.2) is 60.2 Å². The monoisotopic (exact) mass is 580 g/mol. The maximum absolute atomic E-state index is 13.3. The molecule has 36 heavy (non-hydrogen) atoms. The van der Waals surface area contributed by atoms with Crippen LogP contribution in [0.3, 0.4) is 0 Å². The van der Waals surface area contributed by atoms with Gasteiger partial charge in [0.1, 0.15) is 12.2 Å². The second kappa shape index (κ2) is 11.1. The Morgan fingerprint density at radius 2 is 1.72 bits per heavy atom. The number of nitrogens with one attached hydrogen (secondary N) is 1. The molecule has 11 heteroatoms. The molecule has 0 atom stereocenters. The average Bonchev–Trinajstić information content (AvgIpc) is 2.85. The molecule has 1 N–H and O–H groups in total. The number of carbonyl (C=O) groups excluding carboxylic acids is 2. The Kier molecular flexibility index (Phi) is 8.07. The molecular formula is C25H16Cl4N2O4S. The van der Waals surface area contributed by atoms with Crippen molar-refractivity contribution in [1.82, 2.24) is 5.32 Å². The van der Waals surface area contributed by atoms with Gasteiger partial charge in [-0.15, -0.1) is 0 Å². The summed E-state index contributed by atoms with van der Waals surface area (Å²) in [4.78, 5) is 27.0. The van der Waals surface area contributed by atoms with Crippen LogP contribution in [-0.2, 0) is 16.2 Å². The molecule has 0 unspecified atom stereocenters. The van der Waals surface area contributed by atoms with E-state index >= 15 is 0 Å². The van der Waals surface area contributed by atoms with Gasteiger partial charge in [0.25, 0.3) is 11.8 Å². The number of amides is 2. The SMILES string of the molecule is COc1cc(/C=C2\C(=O)NC(=S)N(c3cccc(Cl)c3Cl)C2=O)ccc1OCc1ccc(Cl)c(Cl)c1. The Balaban J connectivity index is 1.61. The molecule has 1 fully saturated rings. The summed E-state index contributed by atoms with van der Waals surface area (Å²) in [6.45, 7) is 0.224. The molecule has 0 saturated carbocycles. The third-order valence-corrected chi connectivity index (χ3v) is 6.98. The van der Waals surface area contributed by atoms with E-state index in [0.717, 1.165) is 10.5 Å². The summed E-state index contributed by atoms with van der Waals surface area (Å²) >= 11 is 29.6. The number of ether oxygens (including phenoxy) is 2. The highest BCUT2D eigenvalue weighted by Crippen LogP contribution is 2.35. The van der Waals surface area contributed by atoms with Crippen molar-refractivity contribution in [2.75, 3.05) is 12.0 Å². The molecule has 2 amide bonds. The van der Waals surface area contributed by atoms with E-state index in [1.807, 2.05) is 0 Å². The number of hydrogen-bond acceptors (Lipinski definition) is 5. The zero-order valence-corrected chi connectivity index (χ0v) is 22.3. The molecule has 1 aliphatic rings. The van der Waals surface area contributed by atoms with Gasteiger partial charge in [-0.1, -0.05) is 64.6 Å². The third-order valence-electron chi connectivity index (χ3n) is 5.15. The van der Waals surface area contributed by atoms with Crippen molar-refractivity contribution in [1.29, 1.82) is 0 Å². The van der Waals surface area contributed by atoms with Crippen LogP contribution in [-0.4, -0.2) is 24.0 Å². The third kappa shape index (κ3) is 5.45. The first kappa shape index (κ1) is 26.3. The van der Waals surface area contributed by atoms with Crippen molar-refractivity contribution >= 4 is 87.3 Å². The first-order valence-electron chi connectivity index (χ1n) is 10.3. The maximum Gasteiger partial charge on any atom is 0.270 e. The van der Waals surface area contributed by atoms with Crippen molar-refractivity contribution in [2.24, 2.45) is 0 Å². The summed E-state index contributed by atoms with van der Waals surface area (Å²) in [7, 11) is 1.48. The predicted octanol–water partition coefficient (Wildman–Crippen LogP) is 6.72. The first-order chi connectivity index (χ1) is 17.2. The Labute approximate surface area is 232 Å². The van der Waals surface area contributed by atoms with E-state index in [1.165, 1.54) is 13.2 Å². The van der Waals surface area contributed by atoms with Crippen molar-refractivity contribution in [3.8, 4) is 11.5 Å². The Hall–Kier alpha value is -2.81. The number of hydrogen-bond donors (Lipinski definition) is 1. The Morgan fingerprint density at radius 1 is 0.944 bits per heavy atom. The molecule has 0 bridgehead atoms. The molecule has 0 radical (unpaired) electrons. The molecule has 1 heterocycles. The number of nitrogens with zero attached hydrogens (tertiary/aromatic N) is 1. The summed E-state index contributed by atoms with van der Waals surface area (Å²) in [5.41, 5.74) is 1.45. The lowest BCUT2D eigenvalue weighted by Crippen LogP contribution is -2.54. The van der Waals surface area contributed by atoms with Crippen LogP contribution in [0.5, 0.6) is 11.5 Å². The minimum Gasteiger partial charge on any atom is -0.493 e. The Morgan fingerprint density at radius 3 is 2.44 bits per heavy atom. The predicted molar refractivity (Wildman–Crippen MR) is 146 cm³/mol. The van der Waals surface area contributed by atoms with Crippen LogP contribution in [0.1, 0.15) is 11.1 Å². The number of benzene rings is 3. The van der Waals surface area contributed by atoms with Crippen molar-refractivity contribution in [3.63, 3.8) is 0 Å². The normalized spacial score (nSPS) is 14.8. The minimum atomic E-state index is -0.646. The van der Waals surface area contributed by atoms with Gasteiger partial charge in [-0.25, -0.2) is 0 Å². The van der Waals surface area contributed by atoms with E-state index in [9.17, 15) is 9.59 Å². The molecule has 0 aliphatic carbocycles. The molecule has 3 aromatic carbocycles. The number of methoxy groups -OCH3 is 1. The fraction of sp³-hybridized carbons (Fsp3) is 0.0800. The lowest BCUT2D eigenvalue weighted by atomic mass is 10.1. The second-order valence-electron chi connectivity index (χ2n) is 7.48. The van der Waals surface area contributed by atoms with Crippen molar-refractivity contribution in [3.05, 3.63) is 91.4 Å². The molecule has 6 nitrogen and oxygen atoms in total. The van der Waals surface area contributed by atoms with E-state index in [1.54, 1.807) is 54.6 Å². The van der Waals surface area contributed by atoms with Gasteiger partial charge in [0.15, 0.2) is 16.6 Å².